The van der Waals surface area contributed by atoms with E-state index in [1.807, 2.05) is 0 Å². The molecular formula is C10H15N3O3. The lowest BCUT2D eigenvalue weighted by Gasteiger charge is -2.22. The summed E-state index contributed by atoms with van der Waals surface area (Å²) in [6, 6.07) is -0.307. The number of morpholine rings is 1. The fourth-order valence-corrected chi connectivity index (χ4v) is 1.75. The first kappa shape index (κ1) is 11.1. The highest BCUT2D eigenvalue weighted by Crippen LogP contribution is 2.18. The Labute approximate surface area is 93.5 Å². The van der Waals surface area contributed by atoms with E-state index in [1.165, 1.54) is 18.0 Å². The van der Waals surface area contributed by atoms with Gasteiger partial charge in [-0.25, -0.2) is 0 Å². The van der Waals surface area contributed by atoms with Gasteiger partial charge in [-0.15, -0.1) is 0 Å². The second-order valence-electron chi connectivity index (χ2n) is 3.63. The maximum absolute atomic E-state index is 12.2. The lowest BCUT2D eigenvalue weighted by atomic mass is 10.1. The molecule has 0 spiro atoms. The Hall–Kier alpha value is -1.40. The van der Waals surface area contributed by atoms with Crippen LogP contribution >= 0.6 is 0 Å². The average molecular weight is 225 g/mol. The smallest absolute Gasteiger partial charge is 0.203 e. The Morgan fingerprint density at radius 1 is 1.75 bits per heavy atom. The average Bonchev–Trinajstić information content (AvgIpc) is 2.70. The van der Waals surface area contributed by atoms with E-state index in [1.54, 1.807) is 7.05 Å². The summed E-state index contributed by atoms with van der Waals surface area (Å²) in [5.41, 5.74) is 0.477. The van der Waals surface area contributed by atoms with Crippen LogP contribution in [0.2, 0.25) is 0 Å². The monoisotopic (exact) mass is 225 g/mol. The molecule has 0 amide bonds. The number of aromatic nitrogens is 2. The van der Waals surface area contributed by atoms with Crippen molar-refractivity contribution in [1.29, 1.82) is 0 Å². The third-order valence-electron chi connectivity index (χ3n) is 2.60. The first-order chi connectivity index (χ1) is 7.74. The first-order valence-corrected chi connectivity index (χ1v) is 5.15. The topological polar surface area (TPSA) is 65.4 Å². The second kappa shape index (κ2) is 4.63. The van der Waals surface area contributed by atoms with Crippen molar-refractivity contribution in [2.45, 2.75) is 6.04 Å². The summed E-state index contributed by atoms with van der Waals surface area (Å²) in [6.07, 6.45) is 1.54. The van der Waals surface area contributed by atoms with Gasteiger partial charge in [0.15, 0.2) is 5.75 Å². The zero-order valence-electron chi connectivity index (χ0n) is 9.40. The fourth-order valence-electron chi connectivity index (χ4n) is 1.75. The molecule has 0 aliphatic carbocycles. The summed E-state index contributed by atoms with van der Waals surface area (Å²) in [7, 11) is 3.25. The van der Waals surface area contributed by atoms with Gasteiger partial charge in [-0.3, -0.25) is 9.48 Å². The van der Waals surface area contributed by atoms with Crippen molar-refractivity contribution in [3.63, 3.8) is 0 Å². The number of ketones is 1. The summed E-state index contributed by atoms with van der Waals surface area (Å²) >= 11 is 0. The van der Waals surface area contributed by atoms with Gasteiger partial charge < -0.3 is 14.8 Å². The molecule has 0 radical (unpaired) electrons. The number of nitrogens with zero attached hydrogens (tertiary/aromatic N) is 2. The van der Waals surface area contributed by atoms with Gasteiger partial charge in [-0.2, -0.15) is 5.10 Å². The van der Waals surface area contributed by atoms with Crippen molar-refractivity contribution in [2.24, 2.45) is 7.05 Å². The molecule has 2 rings (SSSR count). The van der Waals surface area contributed by atoms with Gasteiger partial charge in [0, 0.05) is 13.6 Å². The molecule has 1 aromatic rings. The van der Waals surface area contributed by atoms with Gasteiger partial charge in [0.1, 0.15) is 5.69 Å². The molecule has 1 aliphatic heterocycles. The number of nitrogens with one attached hydrogen (secondary N) is 1. The SMILES string of the molecule is COc1cnn(C)c1C(=O)C1COCCN1. The van der Waals surface area contributed by atoms with Crippen molar-refractivity contribution in [1.82, 2.24) is 15.1 Å². The molecule has 1 unspecified atom stereocenters. The Morgan fingerprint density at radius 3 is 3.19 bits per heavy atom. The van der Waals surface area contributed by atoms with Crippen LogP contribution in [-0.2, 0) is 11.8 Å². The van der Waals surface area contributed by atoms with Crippen molar-refractivity contribution < 1.29 is 14.3 Å². The van der Waals surface area contributed by atoms with Crippen LogP contribution in [0.1, 0.15) is 10.5 Å². The van der Waals surface area contributed by atoms with Gasteiger partial charge in [0.25, 0.3) is 0 Å². The number of ether oxygens (including phenoxy) is 2. The Kier molecular flexibility index (Phi) is 3.21. The number of rotatable bonds is 3. The van der Waals surface area contributed by atoms with Gasteiger partial charge >= 0.3 is 0 Å². The van der Waals surface area contributed by atoms with E-state index in [0.717, 1.165) is 0 Å². The molecule has 1 aromatic heterocycles. The van der Waals surface area contributed by atoms with Gasteiger partial charge in [0.05, 0.1) is 32.6 Å². The number of carbonyl (C=O) groups excluding carboxylic acids is 1. The second-order valence-corrected chi connectivity index (χ2v) is 3.63. The number of Topliss-reactive ketones (excluding diaryl/α,β-unsaturated/α-hetero) is 1. The van der Waals surface area contributed by atoms with Crippen LogP contribution in [0, 0.1) is 0 Å². The van der Waals surface area contributed by atoms with Crippen LogP contribution in [0.25, 0.3) is 0 Å². The van der Waals surface area contributed by atoms with Gasteiger partial charge in [-0.1, -0.05) is 0 Å². The first-order valence-electron chi connectivity index (χ1n) is 5.15. The van der Waals surface area contributed by atoms with Crippen molar-refractivity contribution in [3.05, 3.63) is 11.9 Å². The molecule has 1 atom stereocenters. The molecule has 1 N–H and O–H groups in total. The molecule has 1 fully saturated rings. The molecule has 88 valence electrons. The Balaban J connectivity index is 2.21. The quantitative estimate of drug-likeness (QED) is 0.709. The molecule has 0 aromatic carbocycles. The lowest BCUT2D eigenvalue weighted by Crippen LogP contribution is -2.47. The summed E-state index contributed by atoms with van der Waals surface area (Å²) in [5.74, 6) is 0.455. The van der Waals surface area contributed by atoms with E-state index in [-0.39, 0.29) is 11.8 Å². The number of hydrogen-bond acceptors (Lipinski definition) is 5. The molecule has 16 heavy (non-hydrogen) atoms. The highest BCUT2D eigenvalue weighted by atomic mass is 16.5. The minimum absolute atomic E-state index is 0.0449. The Morgan fingerprint density at radius 2 is 2.56 bits per heavy atom. The zero-order valence-corrected chi connectivity index (χ0v) is 9.40. The van der Waals surface area contributed by atoms with Crippen molar-refractivity contribution >= 4 is 5.78 Å². The number of hydrogen-bond donors (Lipinski definition) is 1. The van der Waals surface area contributed by atoms with Gasteiger partial charge in [-0.05, 0) is 0 Å². The molecule has 1 saturated heterocycles. The van der Waals surface area contributed by atoms with E-state index in [2.05, 4.69) is 10.4 Å². The third kappa shape index (κ3) is 1.94. The molecular weight excluding hydrogens is 210 g/mol. The molecule has 2 heterocycles. The molecule has 6 nitrogen and oxygen atoms in total. The van der Waals surface area contributed by atoms with Crippen molar-refractivity contribution in [2.75, 3.05) is 26.9 Å². The molecule has 0 saturated carbocycles. The normalized spacial score (nSPS) is 20.8. The molecule has 0 bridgehead atoms. The van der Waals surface area contributed by atoms with Crippen LogP contribution in [-0.4, -0.2) is 48.5 Å². The standard InChI is InChI=1S/C10H15N3O3/c1-13-9(8(15-2)5-12-13)10(14)7-6-16-4-3-11-7/h5,7,11H,3-4,6H2,1-2H3. The predicted octanol–water partition coefficient (Wildman–Crippen LogP) is -0.400. The minimum atomic E-state index is -0.307. The fraction of sp³-hybridized carbons (Fsp3) is 0.600. The summed E-state index contributed by atoms with van der Waals surface area (Å²) in [6.45, 7) is 1.73. The van der Waals surface area contributed by atoms with E-state index in [0.29, 0.717) is 31.2 Å². The summed E-state index contributed by atoms with van der Waals surface area (Å²) in [4.78, 5) is 12.2. The molecule has 6 heteroatoms. The predicted molar refractivity (Wildman–Crippen MR) is 56.7 cm³/mol. The summed E-state index contributed by atoms with van der Waals surface area (Å²) < 4.78 is 11.9. The van der Waals surface area contributed by atoms with Crippen LogP contribution in [0.5, 0.6) is 5.75 Å². The number of carbonyl (C=O) groups is 1. The maximum Gasteiger partial charge on any atom is 0.203 e. The summed E-state index contributed by atoms with van der Waals surface area (Å²) in [5, 5.41) is 7.12. The maximum atomic E-state index is 12.2. The third-order valence-corrected chi connectivity index (χ3v) is 2.60. The van der Waals surface area contributed by atoms with Crippen LogP contribution in [0.3, 0.4) is 0 Å². The van der Waals surface area contributed by atoms with Crippen molar-refractivity contribution in [3.8, 4) is 5.75 Å². The highest BCUT2D eigenvalue weighted by molar-refractivity contribution is 6.01. The largest absolute Gasteiger partial charge is 0.493 e. The van der Waals surface area contributed by atoms with Gasteiger partial charge in [0.2, 0.25) is 5.78 Å². The zero-order chi connectivity index (χ0) is 11.5. The number of methoxy groups -OCH3 is 1. The number of aryl methyl sites for hydroxylation is 1. The Bertz CT molecular complexity index is 383. The molecule has 1 aliphatic rings. The van der Waals surface area contributed by atoms with Crippen LogP contribution in [0.15, 0.2) is 6.20 Å². The minimum Gasteiger partial charge on any atom is -0.493 e. The van der Waals surface area contributed by atoms with E-state index in [9.17, 15) is 4.79 Å². The van der Waals surface area contributed by atoms with E-state index < -0.39 is 0 Å². The van der Waals surface area contributed by atoms with E-state index in [4.69, 9.17) is 9.47 Å². The van der Waals surface area contributed by atoms with Crippen LogP contribution in [0.4, 0.5) is 0 Å². The van der Waals surface area contributed by atoms with Crippen LogP contribution < -0.4 is 10.1 Å². The highest BCUT2D eigenvalue weighted by Gasteiger charge is 2.27. The van der Waals surface area contributed by atoms with E-state index >= 15 is 0 Å². The lowest BCUT2D eigenvalue weighted by molar-refractivity contribution is 0.0599.